The number of carbonyl (C=O) groups excluding carboxylic acids is 4. The van der Waals surface area contributed by atoms with Crippen LogP contribution in [0.2, 0.25) is 0 Å². The van der Waals surface area contributed by atoms with E-state index in [0.717, 1.165) is 0 Å². The summed E-state index contributed by atoms with van der Waals surface area (Å²) in [6.07, 6.45) is 4.92. The lowest BCUT2D eigenvalue weighted by Gasteiger charge is -2.11. The molecule has 50 heavy (non-hydrogen) atoms. The zero-order chi connectivity index (χ0) is 35.7. The van der Waals surface area contributed by atoms with Crippen LogP contribution >= 0.6 is 0 Å². The first-order valence-corrected chi connectivity index (χ1v) is 15.3. The Bertz CT molecular complexity index is 2340. The van der Waals surface area contributed by atoms with Crippen molar-refractivity contribution in [3.63, 3.8) is 0 Å². The number of fused-ring (bicyclic) bond motifs is 2. The number of nitrogens with zero attached hydrogens (tertiary/aromatic N) is 8. The maximum atomic E-state index is 13.3. The molecule has 18 heteroatoms. The van der Waals surface area contributed by atoms with Crippen molar-refractivity contribution in [1.29, 1.82) is 0 Å². The zero-order valence-electron chi connectivity index (χ0n) is 27.4. The van der Waals surface area contributed by atoms with Crippen LogP contribution in [0.1, 0.15) is 60.1 Å². The molecule has 0 fully saturated rings. The molecule has 0 aliphatic carbocycles. The Morgan fingerprint density at radius 2 is 1.52 bits per heavy atom. The molecular formula is C32H32N12O6. The van der Waals surface area contributed by atoms with Crippen LogP contribution < -0.4 is 26.8 Å². The van der Waals surface area contributed by atoms with E-state index in [1.54, 1.807) is 45.9 Å². The molecule has 256 valence electrons. The van der Waals surface area contributed by atoms with Crippen molar-refractivity contribution in [2.24, 2.45) is 11.5 Å². The van der Waals surface area contributed by atoms with E-state index < -0.39 is 23.6 Å². The molecule has 6 aromatic rings. The molecule has 6 N–H and O–H groups in total. The molecule has 0 radical (unpaired) electrons. The fraction of sp³-hybridized carbons (Fsp3) is 0.219. The summed E-state index contributed by atoms with van der Waals surface area (Å²) in [7, 11) is 1.44. The number of nitrogens with one attached hydrogen (secondary N) is 2. The fourth-order valence-electron chi connectivity index (χ4n) is 5.34. The Labute approximate surface area is 283 Å². The van der Waals surface area contributed by atoms with E-state index in [0.29, 0.717) is 51.6 Å². The number of rotatable bonds is 12. The van der Waals surface area contributed by atoms with Gasteiger partial charge in [-0.2, -0.15) is 5.10 Å². The number of imidazole rings is 2. The van der Waals surface area contributed by atoms with Crippen LogP contribution in [0.15, 0.2) is 53.2 Å². The minimum Gasteiger partial charge on any atom is -0.494 e. The Morgan fingerprint density at radius 3 is 2.18 bits per heavy atom. The summed E-state index contributed by atoms with van der Waals surface area (Å²) in [5, 5.41) is 13.7. The first-order valence-electron chi connectivity index (χ1n) is 15.3. The van der Waals surface area contributed by atoms with Gasteiger partial charge in [0.15, 0.2) is 5.65 Å². The lowest BCUT2D eigenvalue weighted by molar-refractivity contribution is 0.0981. The summed E-state index contributed by atoms with van der Waals surface area (Å²) in [5.74, 6) is -1.79. The maximum absolute atomic E-state index is 13.3. The number of amides is 4. The van der Waals surface area contributed by atoms with Gasteiger partial charge >= 0.3 is 0 Å². The van der Waals surface area contributed by atoms with Crippen molar-refractivity contribution in [1.82, 2.24) is 39.0 Å². The van der Waals surface area contributed by atoms with Gasteiger partial charge in [-0.1, -0.05) is 17.3 Å². The molecule has 0 aliphatic rings. The van der Waals surface area contributed by atoms with Crippen LogP contribution in [0.25, 0.3) is 22.2 Å². The largest absolute Gasteiger partial charge is 0.494 e. The van der Waals surface area contributed by atoms with Crippen LogP contribution in [0.5, 0.6) is 5.75 Å². The molecule has 0 unspecified atom stereocenters. The number of ether oxygens (including phenoxy) is 1. The summed E-state index contributed by atoms with van der Waals surface area (Å²) < 4.78 is 15.6. The van der Waals surface area contributed by atoms with E-state index >= 15 is 0 Å². The Hall–Kier alpha value is -6.85. The molecule has 1 aromatic carbocycles. The number of pyridine rings is 1. The van der Waals surface area contributed by atoms with Gasteiger partial charge < -0.3 is 25.3 Å². The minimum atomic E-state index is -0.677. The third-order valence-corrected chi connectivity index (χ3v) is 7.66. The number of allylic oxidation sites excluding steroid dienone is 2. The molecule has 4 amide bonds. The van der Waals surface area contributed by atoms with Crippen LogP contribution in [0.4, 0.5) is 11.9 Å². The molecule has 6 rings (SSSR count). The standard InChI is InChI=1S/C32H32N12O6/c1-5-44-22(10-16(2)40-44)29(47)38-32-37-21-13-19(27(34)46)15-35-28(21)43(32)9-7-6-8-42-25-20(12-18(26(33)45)14-23(25)49-4)36-31(42)39-30(48)24-11-17(3)41-50-24/h6-7,10-15H,5,8-9H2,1-4H3,(H2,33,45)(H2,34,46)(H,36,39,48)(H,37,38,47). The summed E-state index contributed by atoms with van der Waals surface area (Å²) >= 11 is 0. The highest BCUT2D eigenvalue weighted by atomic mass is 16.5. The summed E-state index contributed by atoms with van der Waals surface area (Å²) in [4.78, 5) is 63.7. The molecule has 5 aromatic heterocycles. The number of aryl methyl sites for hydroxylation is 3. The van der Waals surface area contributed by atoms with Crippen molar-refractivity contribution in [2.75, 3.05) is 17.7 Å². The quantitative estimate of drug-likeness (QED) is 0.137. The SMILES string of the molecule is CCn1nc(C)cc1C(=O)Nc1nc2cc(C(N)=O)cnc2n1CC=CCn1c(NC(=O)c2cc(C)no2)nc2cc(C(N)=O)cc(OC)c21. The molecular weight excluding hydrogens is 648 g/mol. The predicted molar refractivity (Wildman–Crippen MR) is 180 cm³/mol. The normalized spacial score (nSPS) is 11.4. The number of hydrogen-bond donors (Lipinski definition) is 4. The summed E-state index contributed by atoms with van der Waals surface area (Å²) in [6, 6.07) is 7.64. The van der Waals surface area contributed by atoms with Gasteiger partial charge in [-0.3, -0.25) is 39.1 Å². The van der Waals surface area contributed by atoms with E-state index in [2.05, 4.69) is 35.8 Å². The highest BCUT2D eigenvalue weighted by Crippen LogP contribution is 2.31. The zero-order valence-corrected chi connectivity index (χ0v) is 27.4. The van der Waals surface area contributed by atoms with Gasteiger partial charge in [0.2, 0.25) is 29.5 Å². The van der Waals surface area contributed by atoms with Gasteiger partial charge in [0, 0.05) is 37.5 Å². The number of primary amides is 2. The topological polar surface area (TPSA) is 246 Å². The van der Waals surface area contributed by atoms with Gasteiger partial charge in [0.05, 0.1) is 29.6 Å². The smallest absolute Gasteiger partial charge is 0.296 e. The second-order valence-corrected chi connectivity index (χ2v) is 11.1. The van der Waals surface area contributed by atoms with Gasteiger partial charge in [-0.05, 0) is 45.0 Å². The Morgan fingerprint density at radius 1 is 0.860 bits per heavy atom. The molecule has 0 spiro atoms. The predicted octanol–water partition coefficient (Wildman–Crippen LogP) is 2.57. The van der Waals surface area contributed by atoms with Crippen molar-refractivity contribution in [3.8, 4) is 5.75 Å². The third-order valence-electron chi connectivity index (χ3n) is 7.66. The van der Waals surface area contributed by atoms with Gasteiger partial charge in [0.25, 0.3) is 11.8 Å². The molecule has 18 nitrogen and oxygen atoms in total. The third kappa shape index (κ3) is 6.36. The average Bonchev–Trinajstić information content (AvgIpc) is 3.86. The number of aromatic nitrogens is 8. The number of nitrogens with two attached hydrogens (primary N) is 2. The van der Waals surface area contributed by atoms with Crippen LogP contribution in [-0.4, -0.2) is 69.8 Å². The maximum Gasteiger partial charge on any atom is 0.296 e. The molecule has 0 atom stereocenters. The number of methoxy groups -OCH3 is 1. The second kappa shape index (κ2) is 13.3. The first kappa shape index (κ1) is 33.1. The van der Waals surface area contributed by atoms with Crippen molar-refractivity contribution in [2.45, 2.75) is 40.4 Å². The van der Waals surface area contributed by atoms with Crippen molar-refractivity contribution in [3.05, 3.63) is 82.6 Å². The molecule has 0 bridgehead atoms. The van der Waals surface area contributed by atoms with E-state index in [4.69, 9.17) is 20.7 Å². The van der Waals surface area contributed by atoms with Crippen molar-refractivity contribution >= 4 is 57.7 Å². The van der Waals surface area contributed by atoms with Crippen LogP contribution in [0, 0.1) is 13.8 Å². The second-order valence-electron chi connectivity index (χ2n) is 11.1. The van der Waals surface area contributed by atoms with Gasteiger partial charge in [-0.25, -0.2) is 15.0 Å². The Kier molecular flexibility index (Phi) is 8.82. The molecule has 0 saturated carbocycles. The van der Waals surface area contributed by atoms with Crippen molar-refractivity contribution < 1.29 is 28.4 Å². The summed E-state index contributed by atoms with van der Waals surface area (Å²) in [5.41, 5.74) is 14.4. The fourth-order valence-corrected chi connectivity index (χ4v) is 5.34. The molecule has 0 aliphatic heterocycles. The number of carbonyl (C=O) groups is 4. The average molecular weight is 681 g/mol. The monoisotopic (exact) mass is 680 g/mol. The first-order chi connectivity index (χ1) is 24.0. The molecule has 5 heterocycles. The number of hydrogen-bond acceptors (Lipinski definition) is 11. The van der Waals surface area contributed by atoms with E-state index in [1.807, 2.05) is 6.92 Å². The van der Waals surface area contributed by atoms with Gasteiger partial charge in [0.1, 0.15) is 22.5 Å². The van der Waals surface area contributed by atoms with Gasteiger partial charge in [-0.15, -0.1) is 0 Å². The Balaban J connectivity index is 1.35. The molecule has 0 saturated heterocycles. The van der Waals surface area contributed by atoms with E-state index in [1.165, 1.54) is 37.6 Å². The number of benzene rings is 1. The lowest BCUT2D eigenvalue weighted by Crippen LogP contribution is -2.20. The lowest BCUT2D eigenvalue weighted by atomic mass is 10.1. The van der Waals surface area contributed by atoms with Crippen LogP contribution in [0.3, 0.4) is 0 Å². The highest BCUT2D eigenvalue weighted by Gasteiger charge is 2.22. The van der Waals surface area contributed by atoms with E-state index in [9.17, 15) is 19.2 Å². The highest BCUT2D eigenvalue weighted by molar-refractivity contribution is 6.04. The van der Waals surface area contributed by atoms with Crippen LogP contribution in [-0.2, 0) is 19.6 Å². The number of anilines is 2. The minimum absolute atomic E-state index is 0.0212. The summed E-state index contributed by atoms with van der Waals surface area (Å²) in [6.45, 7) is 6.17. The van der Waals surface area contributed by atoms with E-state index in [-0.39, 0.29) is 41.9 Å².